The van der Waals surface area contributed by atoms with Gasteiger partial charge < -0.3 is 0 Å². The molecule has 2 aromatic rings. The van der Waals surface area contributed by atoms with Gasteiger partial charge in [0.15, 0.2) is 11.6 Å². The Kier molecular flexibility index (Phi) is 4.34. The summed E-state index contributed by atoms with van der Waals surface area (Å²) in [6.45, 7) is 1.18. The molecule has 0 aliphatic rings. The molecule has 0 unspecified atom stereocenters. The normalized spacial score (nSPS) is 10.4. The summed E-state index contributed by atoms with van der Waals surface area (Å²) in [6.07, 6.45) is 4.41. The monoisotopic (exact) mass is 258 g/mol. The van der Waals surface area contributed by atoms with Gasteiger partial charge in [-0.05, 0) is 37.5 Å². The Bertz CT molecular complexity index is 570. The molecule has 0 aliphatic carbocycles. The molecule has 0 fully saturated rings. The van der Waals surface area contributed by atoms with E-state index in [2.05, 4.69) is 9.97 Å². The Morgan fingerprint density at radius 1 is 1.26 bits per heavy atom. The minimum absolute atomic E-state index is 0.0282. The minimum Gasteiger partial charge on any atom is -0.294 e. The maximum absolute atomic E-state index is 12.2. The number of ketones is 1. The Balaban J connectivity index is 2.45. The number of hydrogen-bond acceptors (Lipinski definition) is 3. The summed E-state index contributed by atoms with van der Waals surface area (Å²) in [6, 6.07) is 7.23. The Labute approximate surface area is 111 Å². The summed E-state index contributed by atoms with van der Waals surface area (Å²) in [7, 11) is 0. The van der Waals surface area contributed by atoms with Gasteiger partial charge in [0.05, 0.1) is 6.67 Å². The molecule has 0 bridgehead atoms. The average molecular weight is 258 g/mol. The van der Waals surface area contributed by atoms with E-state index in [4.69, 9.17) is 0 Å². The van der Waals surface area contributed by atoms with E-state index in [1.165, 1.54) is 6.92 Å². The van der Waals surface area contributed by atoms with Gasteiger partial charge >= 0.3 is 0 Å². The van der Waals surface area contributed by atoms with E-state index in [0.717, 1.165) is 5.56 Å². The molecule has 0 amide bonds. The van der Waals surface area contributed by atoms with Crippen LogP contribution in [0.3, 0.4) is 0 Å². The van der Waals surface area contributed by atoms with E-state index in [9.17, 15) is 9.18 Å². The van der Waals surface area contributed by atoms with Crippen molar-refractivity contribution in [3.63, 3.8) is 0 Å². The lowest BCUT2D eigenvalue weighted by Gasteiger charge is -2.08. The molecular weight excluding hydrogens is 243 g/mol. The first-order valence-corrected chi connectivity index (χ1v) is 6.19. The first-order chi connectivity index (χ1) is 9.22. The molecule has 1 aromatic carbocycles. The van der Waals surface area contributed by atoms with Crippen LogP contribution in [0.15, 0.2) is 36.7 Å². The van der Waals surface area contributed by atoms with Crippen molar-refractivity contribution < 1.29 is 9.18 Å². The third kappa shape index (κ3) is 3.22. The second-order valence-electron chi connectivity index (χ2n) is 4.30. The zero-order chi connectivity index (χ0) is 13.7. The number of rotatable bonds is 5. The predicted octanol–water partition coefficient (Wildman–Crippen LogP) is 3.25. The number of carbonyl (C=O) groups is 1. The lowest BCUT2D eigenvalue weighted by atomic mass is 9.98. The molecule has 0 atom stereocenters. The predicted molar refractivity (Wildman–Crippen MR) is 71.8 cm³/mol. The molecule has 98 valence electrons. The topological polar surface area (TPSA) is 42.9 Å². The third-order valence-corrected chi connectivity index (χ3v) is 2.87. The van der Waals surface area contributed by atoms with Crippen LogP contribution in [0.4, 0.5) is 4.39 Å². The largest absolute Gasteiger partial charge is 0.294 e. The van der Waals surface area contributed by atoms with Gasteiger partial charge in [0.1, 0.15) is 0 Å². The highest BCUT2D eigenvalue weighted by Gasteiger charge is 2.12. The number of carbonyl (C=O) groups excluding carboxylic acids is 1. The van der Waals surface area contributed by atoms with Gasteiger partial charge in [-0.3, -0.25) is 9.18 Å². The molecule has 1 aromatic heterocycles. The van der Waals surface area contributed by atoms with E-state index < -0.39 is 0 Å². The smallest absolute Gasteiger partial charge is 0.160 e. The van der Waals surface area contributed by atoms with E-state index in [-0.39, 0.29) is 12.5 Å². The fourth-order valence-electron chi connectivity index (χ4n) is 1.95. The highest BCUT2D eigenvalue weighted by molar-refractivity contribution is 6.00. The van der Waals surface area contributed by atoms with Gasteiger partial charge in [0.25, 0.3) is 0 Å². The second-order valence-corrected chi connectivity index (χ2v) is 4.30. The molecule has 0 spiro atoms. The number of aromatic nitrogens is 2. The van der Waals surface area contributed by atoms with Crippen LogP contribution in [0, 0.1) is 0 Å². The molecule has 4 heteroatoms. The maximum atomic E-state index is 12.2. The van der Waals surface area contributed by atoms with Crippen LogP contribution in [0.5, 0.6) is 0 Å². The van der Waals surface area contributed by atoms with Gasteiger partial charge in [-0.15, -0.1) is 0 Å². The van der Waals surface area contributed by atoms with Crippen molar-refractivity contribution in [2.45, 2.75) is 19.8 Å². The Morgan fingerprint density at radius 3 is 2.63 bits per heavy atom. The molecule has 3 nitrogen and oxygen atoms in total. The first-order valence-electron chi connectivity index (χ1n) is 6.19. The summed E-state index contributed by atoms with van der Waals surface area (Å²) in [5.74, 6) is 0.495. The summed E-state index contributed by atoms with van der Waals surface area (Å²) in [5, 5.41) is 0. The number of nitrogens with zero attached hydrogens (tertiary/aromatic N) is 2. The Hall–Kier alpha value is -2.10. The number of aryl methyl sites for hydroxylation is 1. The van der Waals surface area contributed by atoms with Crippen LogP contribution in [-0.2, 0) is 6.42 Å². The number of benzene rings is 1. The molecule has 1 heterocycles. The van der Waals surface area contributed by atoms with Crippen LogP contribution in [0.1, 0.15) is 29.3 Å². The summed E-state index contributed by atoms with van der Waals surface area (Å²) in [5.41, 5.74) is 2.30. The van der Waals surface area contributed by atoms with E-state index in [1.54, 1.807) is 24.5 Å². The lowest BCUT2D eigenvalue weighted by Crippen LogP contribution is -2.00. The number of hydrogen-bond donors (Lipinski definition) is 0. The van der Waals surface area contributed by atoms with Crippen molar-refractivity contribution >= 4 is 5.78 Å². The Morgan fingerprint density at radius 2 is 2.00 bits per heavy atom. The zero-order valence-corrected chi connectivity index (χ0v) is 10.8. The second kappa shape index (κ2) is 6.18. The highest BCUT2D eigenvalue weighted by Crippen LogP contribution is 2.22. The quantitative estimate of drug-likeness (QED) is 0.773. The molecule has 0 saturated heterocycles. The number of alkyl halides is 1. The first kappa shape index (κ1) is 13.3. The van der Waals surface area contributed by atoms with E-state index in [0.29, 0.717) is 29.8 Å². The fourth-order valence-corrected chi connectivity index (χ4v) is 1.95. The summed E-state index contributed by atoms with van der Waals surface area (Å²) >= 11 is 0. The van der Waals surface area contributed by atoms with Crippen molar-refractivity contribution in [2.24, 2.45) is 0 Å². The van der Waals surface area contributed by atoms with Gasteiger partial charge in [-0.1, -0.05) is 12.1 Å². The molecule has 0 aliphatic heterocycles. The van der Waals surface area contributed by atoms with E-state index >= 15 is 0 Å². The van der Waals surface area contributed by atoms with Crippen molar-refractivity contribution in [3.05, 3.63) is 47.8 Å². The molecule has 0 saturated carbocycles. The standard InChI is InChI=1S/C15H15FN2O/c1-11(19)13-6-5-12(4-2-7-16)10-14(13)15-17-8-3-9-18-15/h3,5-6,8-10H,2,4,7H2,1H3. The van der Waals surface area contributed by atoms with Crippen molar-refractivity contribution in [2.75, 3.05) is 6.67 Å². The SMILES string of the molecule is CC(=O)c1ccc(CCCF)cc1-c1ncccn1. The van der Waals surface area contributed by atoms with Crippen LogP contribution in [0.25, 0.3) is 11.4 Å². The van der Waals surface area contributed by atoms with Crippen molar-refractivity contribution in [3.8, 4) is 11.4 Å². The van der Waals surface area contributed by atoms with Crippen molar-refractivity contribution in [1.82, 2.24) is 9.97 Å². The van der Waals surface area contributed by atoms with Crippen LogP contribution >= 0.6 is 0 Å². The van der Waals surface area contributed by atoms with Gasteiger partial charge in [0.2, 0.25) is 0 Å². The van der Waals surface area contributed by atoms with Crippen LogP contribution < -0.4 is 0 Å². The third-order valence-electron chi connectivity index (χ3n) is 2.87. The average Bonchev–Trinajstić information content (AvgIpc) is 2.45. The fraction of sp³-hybridized carbons (Fsp3) is 0.267. The highest BCUT2D eigenvalue weighted by atomic mass is 19.1. The van der Waals surface area contributed by atoms with Crippen LogP contribution in [-0.4, -0.2) is 22.4 Å². The molecule has 19 heavy (non-hydrogen) atoms. The molecular formula is C15H15FN2O. The van der Waals surface area contributed by atoms with Gasteiger partial charge in [-0.25, -0.2) is 9.97 Å². The van der Waals surface area contributed by atoms with Crippen molar-refractivity contribution in [1.29, 1.82) is 0 Å². The molecule has 0 radical (unpaired) electrons. The summed E-state index contributed by atoms with van der Waals surface area (Å²) in [4.78, 5) is 20.0. The number of Topliss-reactive ketones (excluding diaryl/α,β-unsaturated/α-hetero) is 1. The van der Waals surface area contributed by atoms with Crippen LogP contribution in [0.2, 0.25) is 0 Å². The van der Waals surface area contributed by atoms with Gasteiger partial charge in [0, 0.05) is 23.5 Å². The van der Waals surface area contributed by atoms with Gasteiger partial charge in [-0.2, -0.15) is 0 Å². The zero-order valence-electron chi connectivity index (χ0n) is 10.8. The van der Waals surface area contributed by atoms with E-state index in [1.807, 2.05) is 12.1 Å². The summed E-state index contributed by atoms with van der Waals surface area (Å²) < 4.78 is 12.2. The minimum atomic E-state index is -0.342. The molecule has 0 N–H and O–H groups in total. The maximum Gasteiger partial charge on any atom is 0.160 e. The lowest BCUT2D eigenvalue weighted by molar-refractivity contribution is 0.101. The number of halogens is 1. The molecule has 2 rings (SSSR count).